The number of rotatable bonds is 5. The lowest BCUT2D eigenvalue weighted by Gasteiger charge is -2.29. The molecule has 0 atom stereocenters. The van der Waals surface area contributed by atoms with Gasteiger partial charge in [-0.3, -0.25) is 14.6 Å². The lowest BCUT2D eigenvalue weighted by molar-refractivity contribution is 0.0391. The summed E-state index contributed by atoms with van der Waals surface area (Å²) in [6.45, 7) is 8.88. The monoisotopic (exact) mass is 488 g/mol. The van der Waals surface area contributed by atoms with Crippen LogP contribution in [0.15, 0.2) is 35.8 Å². The summed E-state index contributed by atoms with van der Waals surface area (Å²) in [5.41, 5.74) is 6.81. The zero-order chi connectivity index (χ0) is 21.4. The second-order valence-electron chi connectivity index (χ2n) is 7.85. The fourth-order valence-corrected chi connectivity index (χ4v) is 5.56. The predicted octanol–water partition coefficient (Wildman–Crippen LogP) is 4.92. The number of amides is 1. The standard InChI is InChI=1S/C23H24N4O2S2.ClH/c1-15-11-19-21(12-16(15)2)31-23(25-19)27(6-5-26-7-9-29-10-8-26)22(28)17-3-4-18-20(13-17)30-14-24-18;/h3-4,11-14H,5-10H2,1-2H3;1H. The van der Waals surface area contributed by atoms with Gasteiger partial charge in [0.15, 0.2) is 5.13 Å². The van der Waals surface area contributed by atoms with Gasteiger partial charge in [0.05, 0.1) is 39.2 Å². The van der Waals surface area contributed by atoms with Crippen LogP contribution in [0.5, 0.6) is 0 Å². The summed E-state index contributed by atoms with van der Waals surface area (Å²) < 4.78 is 7.60. The normalized spacial score (nSPS) is 14.6. The maximum atomic E-state index is 13.6. The Hall–Kier alpha value is -2.10. The van der Waals surface area contributed by atoms with Gasteiger partial charge in [-0.15, -0.1) is 23.7 Å². The van der Waals surface area contributed by atoms with Crippen LogP contribution < -0.4 is 4.90 Å². The summed E-state index contributed by atoms with van der Waals surface area (Å²) in [6, 6.07) is 10.0. The molecule has 0 bridgehead atoms. The quantitative estimate of drug-likeness (QED) is 0.399. The Morgan fingerprint density at radius 1 is 1.09 bits per heavy atom. The van der Waals surface area contributed by atoms with Crippen molar-refractivity contribution in [3.63, 3.8) is 0 Å². The Bertz CT molecular complexity index is 1210. The van der Waals surface area contributed by atoms with Crippen molar-refractivity contribution in [2.24, 2.45) is 0 Å². The van der Waals surface area contributed by atoms with Crippen molar-refractivity contribution in [1.82, 2.24) is 14.9 Å². The summed E-state index contributed by atoms with van der Waals surface area (Å²) in [5.74, 6) is -0.0175. The minimum Gasteiger partial charge on any atom is -0.379 e. The Balaban J connectivity index is 0.00000245. The first kappa shape index (κ1) is 23.1. The molecule has 9 heteroatoms. The third-order valence-electron chi connectivity index (χ3n) is 5.79. The number of ether oxygens (including phenoxy) is 1. The molecule has 0 N–H and O–H groups in total. The number of fused-ring (bicyclic) bond motifs is 2. The predicted molar refractivity (Wildman–Crippen MR) is 135 cm³/mol. The number of carbonyl (C=O) groups excluding carboxylic acids is 1. The number of hydrogen-bond acceptors (Lipinski definition) is 7. The molecule has 1 aliphatic heterocycles. The number of carbonyl (C=O) groups is 1. The first-order chi connectivity index (χ1) is 15.1. The highest BCUT2D eigenvalue weighted by Crippen LogP contribution is 2.32. The van der Waals surface area contributed by atoms with Crippen LogP contribution >= 0.6 is 35.1 Å². The molecule has 5 rings (SSSR count). The summed E-state index contributed by atoms with van der Waals surface area (Å²) in [4.78, 5) is 27.0. The number of benzene rings is 2. The second-order valence-corrected chi connectivity index (χ2v) is 9.74. The van der Waals surface area contributed by atoms with Gasteiger partial charge in [0.2, 0.25) is 0 Å². The summed E-state index contributed by atoms with van der Waals surface area (Å²) >= 11 is 3.14. The number of aromatic nitrogens is 2. The Morgan fingerprint density at radius 2 is 1.88 bits per heavy atom. The van der Waals surface area contributed by atoms with Crippen LogP contribution in [0.4, 0.5) is 5.13 Å². The maximum absolute atomic E-state index is 13.6. The van der Waals surface area contributed by atoms with E-state index in [2.05, 4.69) is 35.9 Å². The van der Waals surface area contributed by atoms with Gasteiger partial charge in [-0.25, -0.2) is 9.97 Å². The van der Waals surface area contributed by atoms with E-state index in [0.717, 1.165) is 58.4 Å². The SMILES string of the molecule is Cc1cc2nc(N(CCN3CCOCC3)C(=O)c3ccc4ncsc4c3)sc2cc1C.Cl. The number of aryl methyl sites for hydroxylation is 2. The number of hydrogen-bond donors (Lipinski definition) is 0. The topological polar surface area (TPSA) is 58.6 Å². The zero-order valence-electron chi connectivity index (χ0n) is 18.0. The van der Waals surface area contributed by atoms with Gasteiger partial charge in [0.1, 0.15) is 0 Å². The first-order valence-corrected chi connectivity index (χ1v) is 12.1. The number of anilines is 1. The molecule has 2 aromatic carbocycles. The molecule has 1 aliphatic rings. The lowest BCUT2D eigenvalue weighted by atomic mass is 10.1. The number of thiazole rings is 2. The van der Waals surface area contributed by atoms with E-state index < -0.39 is 0 Å². The van der Waals surface area contributed by atoms with Crippen LogP contribution in [0.1, 0.15) is 21.5 Å². The van der Waals surface area contributed by atoms with E-state index in [-0.39, 0.29) is 18.3 Å². The van der Waals surface area contributed by atoms with Crippen molar-refractivity contribution in [1.29, 1.82) is 0 Å². The van der Waals surface area contributed by atoms with E-state index in [0.29, 0.717) is 12.1 Å². The van der Waals surface area contributed by atoms with Gasteiger partial charge in [0, 0.05) is 31.7 Å². The van der Waals surface area contributed by atoms with Gasteiger partial charge < -0.3 is 4.74 Å². The molecule has 168 valence electrons. The number of nitrogens with zero attached hydrogens (tertiary/aromatic N) is 4. The Kier molecular flexibility index (Phi) is 7.07. The Morgan fingerprint density at radius 3 is 2.69 bits per heavy atom. The molecule has 0 spiro atoms. The number of morpholine rings is 1. The van der Waals surface area contributed by atoms with Crippen molar-refractivity contribution in [3.8, 4) is 0 Å². The smallest absolute Gasteiger partial charge is 0.260 e. The first-order valence-electron chi connectivity index (χ1n) is 10.4. The van der Waals surface area contributed by atoms with Crippen molar-refractivity contribution in [3.05, 3.63) is 52.5 Å². The molecule has 1 fully saturated rings. The molecule has 0 aliphatic carbocycles. The summed E-state index contributed by atoms with van der Waals surface area (Å²) in [5, 5.41) is 0.752. The van der Waals surface area contributed by atoms with Gasteiger partial charge in [0.25, 0.3) is 5.91 Å². The van der Waals surface area contributed by atoms with E-state index in [9.17, 15) is 4.79 Å². The highest BCUT2D eigenvalue weighted by molar-refractivity contribution is 7.22. The third-order valence-corrected chi connectivity index (χ3v) is 7.62. The van der Waals surface area contributed by atoms with Crippen LogP contribution in [0, 0.1) is 13.8 Å². The van der Waals surface area contributed by atoms with Crippen molar-refractivity contribution in [2.45, 2.75) is 13.8 Å². The molecular formula is C23H25ClN4O2S2. The maximum Gasteiger partial charge on any atom is 0.260 e. The Labute approximate surface area is 201 Å². The summed E-state index contributed by atoms with van der Waals surface area (Å²) in [7, 11) is 0. The third kappa shape index (κ3) is 4.65. The molecule has 0 radical (unpaired) electrons. The molecule has 0 saturated carbocycles. The fourth-order valence-electron chi connectivity index (χ4n) is 3.78. The molecule has 2 aromatic heterocycles. The van der Waals surface area contributed by atoms with Crippen LogP contribution in [-0.2, 0) is 4.74 Å². The molecule has 1 amide bonds. The lowest BCUT2D eigenvalue weighted by Crippen LogP contribution is -2.43. The highest BCUT2D eigenvalue weighted by atomic mass is 35.5. The minimum absolute atomic E-state index is 0. The molecule has 1 saturated heterocycles. The average Bonchev–Trinajstić information content (AvgIpc) is 3.41. The van der Waals surface area contributed by atoms with E-state index >= 15 is 0 Å². The van der Waals surface area contributed by atoms with Crippen LogP contribution in [0.3, 0.4) is 0 Å². The largest absolute Gasteiger partial charge is 0.379 e. The van der Waals surface area contributed by atoms with E-state index in [1.54, 1.807) is 22.7 Å². The van der Waals surface area contributed by atoms with E-state index in [1.165, 1.54) is 11.1 Å². The van der Waals surface area contributed by atoms with Crippen LogP contribution in [0.2, 0.25) is 0 Å². The molecule has 6 nitrogen and oxygen atoms in total. The van der Waals surface area contributed by atoms with Crippen molar-refractivity contribution < 1.29 is 9.53 Å². The molecule has 0 unspecified atom stereocenters. The van der Waals surface area contributed by atoms with E-state index in [1.807, 2.05) is 28.6 Å². The van der Waals surface area contributed by atoms with Crippen LogP contribution in [0.25, 0.3) is 20.4 Å². The molecule has 4 aromatic rings. The average molecular weight is 489 g/mol. The molecular weight excluding hydrogens is 464 g/mol. The number of halogens is 1. The highest BCUT2D eigenvalue weighted by Gasteiger charge is 2.23. The summed E-state index contributed by atoms with van der Waals surface area (Å²) in [6.07, 6.45) is 0. The van der Waals surface area contributed by atoms with Crippen molar-refractivity contribution in [2.75, 3.05) is 44.3 Å². The fraction of sp³-hybridized carbons (Fsp3) is 0.348. The van der Waals surface area contributed by atoms with Crippen molar-refractivity contribution >= 4 is 66.6 Å². The van der Waals surface area contributed by atoms with Gasteiger partial charge >= 0.3 is 0 Å². The minimum atomic E-state index is -0.0175. The van der Waals surface area contributed by atoms with Gasteiger partial charge in [-0.05, 0) is 55.3 Å². The van der Waals surface area contributed by atoms with Gasteiger partial charge in [-0.2, -0.15) is 0 Å². The van der Waals surface area contributed by atoms with E-state index in [4.69, 9.17) is 9.72 Å². The molecule has 32 heavy (non-hydrogen) atoms. The zero-order valence-corrected chi connectivity index (χ0v) is 20.5. The second kappa shape index (κ2) is 9.80. The molecule has 3 heterocycles. The van der Waals surface area contributed by atoms with Gasteiger partial charge in [-0.1, -0.05) is 11.3 Å². The van der Waals surface area contributed by atoms with Crippen LogP contribution in [-0.4, -0.2) is 60.2 Å².